The van der Waals surface area contributed by atoms with Crippen molar-refractivity contribution in [2.45, 2.75) is 13.8 Å². The highest BCUT2D eigenvalue weighted by Crippen LogP contribution is 2.13. The predicted octanol–water partition coefficient (Wildman–Crippen LogP) is 2.51. The molecular weight excluding hydrogens is 206 g/mol. The lowest BCUT2D eigenvalue weighted by atomic mass is 10.3. The van der Waals surface area contributed by atoms with E-state index in [4.69, 9.17) is 5.53 Å². The molecule has 0 aliphatic heterocycles. The third-order valence-electron chi connectivity index (χ3n) is 2.17. The summed E-state index contributed by atoms with van der Waals surface area (Å²) >= 11 is 0. The van der Waals surface area contributed by atoms with Crippen molar-refractivity contribution in [2.75, 3.05) is 13.1 Å². The maximum absolute atomic E-state index is 11.9. The molecule has 1 amide bonds. The number of hydrogen-bond acceptors (Lipinski definition) is 3. The fourth-order valence-corrected chi connectivity index (χ4v) is 1.32. The van der Waals surface area contributed by atoms with Gasteiger partial charge in [0.1, 0.15) is 5.69 Å². The Morgan fingerprint density at radius 3 is 2.81 bits per heavy atom. The van der Waals surface area contributed by atoms with Gasteiger partial charge in [-0.1, -0.05) is 5.11 Å². The van der Waals surface area contributed by atoms with E-state index in [0.29, 0.717) is 24.5 Å². The van der Waals surface area contributed by atoms with E-state index >= 15 is 0 Å². The van der Waals surface area contributed by atoms with Crippen molar-refractivity contribution < 1.29 is 4.79 Å². The van der Waals surface area contributed by atoms with Gasteiger partial charge in [0.25, 0.3) is 5.91 Å². The van der Waals surface area contributed by atoms with Gasteiger partial charge < -0.3 is 4.90 Å². The van der Waals surface area contributed by atoms with E-state index in [1.807, 2.05) is 13.8 Å². The summed E-state index contributed by atoms with van der Waals surface area (Å²) in [5, 5.41) is 3.43. The minimum Gasteiger partial charge on any atom is -0.338 e. The van der Waals surface area contributed by atoms with E-state index < -0.39 is 0 Å². The highest BCUT2D eigenvalue weighted by Gasteiger charge is 2.13. The van der Waals surface area contributed by atoms with Gasteiger partial charge in [-0.3, -0.25) is 9.78 Å². The molecule has 0 saturated carbocycles. The summed E-state index contributed by atoms with van der Waals surface area (Å²) in [6, 6.07) is 3.04. The molecule has 0 bridgehead atoms. The molecule has 1 heterocycles. The van der Waals surface area contributed by atoms with Crippen molar-refractivity contribution in [2.24, 2.45) is 5.11 Å². The molecule has 0 aromatic carbocycles. The highest BCUT2D eigenvalue weighted by atomic mass is 16.2. The molecule has 0 atom stereocenters. The van der Waals surface area contributed by atoms with Gasteiger partial charge in [-0.05, 0) is 31.5 Å². The number of nitrogens with zero attached hydrogens (tertiary/aromatic N) is 5. The summed E-state index contributed by atoms with van der Waals surface area (Å²) in [5.41, 5.74) is 8.99. The van der Waals surface area contributed by atoms with Crippen LogP contribution in [0, 0.1) is 0 Å². The SMILES string of the molecule is CCN(CC)C(=O)c1cc(N=[N+]=[N-])ccn1. The monoisotopic (exact) mass is 219 g/mol. The molecule has 0 aliphatic carbocycles. The van der Waals surface area contributed by atoms with Crippen LogP contribution in [0.1, 0.15) is 24.3 Å². The summed E-state index contributed by atoms with van der Waals surface area (Å²) in [6.45, 7) is 5.06. The Labute approximate surface area is 93.5 Å². The fourth-order valence-electron chi connectivity index (χ4n) is 1.32. The van der Waals surface area contributed by atoms with Crippen LogP contribution in [0.3, 0.4) is 0 Å². The van der Waals surface area contributed by atoms with Gasteiger partial charge >= 0.3 is 0 Å². The van der Waals surface area contributed by atoms with E-state index in [1.165, 1.54) is 12.3 Å². The Hall–Kier alpha value is -2.07. The zero-order valence-corrected chi connectivity index (χ0v) is 9.29. The van der Waals surface area contributed by atoms with E-state index in [2.05, 4.69) is 15.0 Å². The Morgan fingerprint density at radius 1 is 1.56 bits per heavy atom. The first-order chi connectivity index (χ1) is 7.72. The van der Waals surface area contributed by atoms with Crippen molar-refractivity contribution >= 4 is 11.6 Å². The summed E-state index contributed by atoms with van der Waals surface area (Å²) in [6.07, 6.45) is 1.46. The zero-order chi connectivity index (χ0) is 12.0. The number of azide groups is 1. The minimum absolute atomic E-state index is 0.153. The van der Waals surface area contributed by atoms with Crippen LogP contribution < -0.4 is 0 Å². The van der Waals surface area contributed by atoms with Gasteiger partial charge in [-0.25, -0.2) is 0 Å². The van der Waals surface area contributed by atoms with Crippen LogP contribution in [0.5, 0.6) is 0 Å². The molecule has 0 aliphatic rings. The standard InChI is InChI=1S/C10H13N5O/c1-3-15(4-2)10(16)9-7-8(13-14-11)5-6-12-9/h5-7H,3-4H2,1-2H3. The first-order valence-electron chi connectivity index (χ1n) is 5.03. The van der Waals surface area contributed by atoms with E-state index in [-0.39, 0.29) is 5.91 Å². The zero-order valence-electron chi connectivity index (χ0n) is 9.29. The Kier molecular flexibility index (Phi) is 4.29. The van der Waals surface area contributed by atoms with Crippen LogP contribution in [-0.2, 0) is 0 Å². The summed E-state index contributed by atoms with van der Waals surface area (Å²) in [5.74, 6) is -0.153. The predicted molar refractivity (Wildman–Crippen MR) is 60.3 cm³/mol. The van der Waals surface area contributed by atoms with Crippen molar-refractivity contribution in [3.05, 3.63) is 34.5 Å². The second-order valence-corrected chi connectivity index (χ2v) is 3.07. The van der Waals surface area contributed by atoms with E-state index in [9.17, 15) is 4.79 Å². The van der Waals surface area contributed by atoms with Crippen LogP contribution in [0.15, 0.2) is 23.4 Å². The summed E-state index contributed by atoms with van der Waals surface area (Å²) in [4.78, 5) is 20.2. The van der Waals surface area contributed by atoms with E-state index in [1.54, 1.807) is 11.0 Å². The Morgan fingerprint density at radius 2 is 2.25 bits per heavy atom. The first kappa shape index (κ1) is 12.0. The molecule has 6 heteroatoms. The smallest absolute Gasteiger partial charge is 0.272 e. The topological polar surface area (TPSA) is 82.0 Å². The largest absolute Gasteiger partial charge is 0.338 e. The maximum Gasteiger partial charge on any atom is 0.272 e. The molecule has 1 rings (SSSR count). The molecule has 0 radical (unpaired) electrons. The van der Waals surface area contributed by atoms with Crippen molar-refractivity contribution in [3.8, 4) is 0 Å². The highest BCUT2D eigenvalue weighted by molar-refractivity contribution is 5.92. The van der Waals surface area contributed by atoms with Gasteiger partial charge in [0.15, 0.2) is 0 Å². The molecule has 84 valence electrons. The van der Waals surface area contributed by atoms with Crippen molar-refractivity contribution in [3.63, 3.8) is 0 Å². The van der Waals surface area contributed by atoms with Gasteiger partial charge in [0.05, 0.1) is 0 Å². The number of amides is 1. The van der Waals surface area contributed by atoms with Crippen molar-refractivity contribution in [1.29, 1.82) is 0 Å². The second-order valence-electron chi connectivity index (χ2n) is 3.07. The molecule has 0 fully saturated rings. The lowest BCUT2D eigenvalue weighted by Crippen LogP contribution is -2.31. The quantitative estimate of drug-likeness (QED) is 0.443. The Bertz CT molecular complexity index is 421. The molecule has 0 N–H and O–H groups in total. The van der Waals surface area contributed by atoms with Gasteiger partial charge in [0.2, 0.25) is 0 Å². The van der Waals surface area contributed by atoms with E-state index in [0.717, 1.165) is 0 Å². The average Bonchev–Trinajstić information content (AvgIpc) is 2.31. The van der Waals surface area contributed by atoms with Gasteiger partial charge in [-0.2, -0.15) is 0 Å². The fraction of sp³-hybridized carbons (Fsp3) is 0.400. The molecule has 0 spiro atoms. The van der Waals surface area contributed by atoms with Crippen LogP contribution in [0.25, 0.3) is 10.4 Å². The van der Waals surface area contributed by atoms with Gasteiger partial charge in [0, 0.05) is 29.9 Å². The van der Waals surface area contributed by atoms with Crippen LogP contribution in [0.4, 0.5) is 5.69 Å². The molecule has 6 nitrogen and oxygen atoms in total. The molecular formula is C10H13N5O. The molecule has 16 heavy (non-hydrogen) atoms. The van der Waals surface area contributed by atoms with Crippen molar-refractivity contribution in [1.82, 2.24) is 9.88 Å². The second kappa shape index (κ2) is 5.72. The maximum atomic E-state index is 11.9. The van der Waals surface area contributed by atoms with Crippen LogP contribution in [-0.4, -0.2) is 28.9 Å². The van der Waals surface area contributed by atoms with Gasteiger partial charge in [-0.15, -0.1) is 0 Å². The lowest BCUT2D eigenvalue weighted by molar-refractivity contribution is 0.0767. The number of pyridine rings is 1. The summed E-state index contributed by atoms with van der Waals surface area (Å²) in [7, 11) is 0. The normalized spacial score (nSPS) is 9.38. The molecule has 1 aromatic heterocycles. The molecule has 0 saturated heterocycles. The van der Waals surface area contributed by atoms with Crippen LogP contribution in [0.2, 0.25) is 0 Å². The molecule has 0 unspecified atom stereocenters. The number of carbonyl (C=O) groups is 1. The average molecular weight is 219 g/mol. The Balaban J connectivity index is 2.99. The number of carbonyl (C=O) groups excluding carboxylic acids is 1. The number of aromatic nitrogens is 1. The van der Waals surface area contributed by atoms with Crippen LogP contribution >= 0.6 is 0 Å². The minimum atomic E-state index is -0.153. The third kappa shape index (κ3) is 2.71. The lowest BCUT2D eigenvalue weighted by Gasteiger charge is -2.17. The number of hydrogen-bond donors (Lipinski definition) is 0. The number of rotatable bonds is 4. The third-order valence-corrected chi connectivity index (χ3v) is 2.17. The first-order valence-corrected chi connectivity index (χ1v) is 5.03. The molecule has 1 aromatic rings. The summed E-state index contributed by atoms with van der Waals surface area (Å²) < 4.78 is 0.